The van der Waals surface area contributed by atoms with E-state index in [9.17, 15) is 64.2 Å². The summed E-state index contributed by atoms with van der Waals surface area (Å²) in [4.78, 5) is 112. The summed E-state index contributed by atoms with van der Waals surface area (Å²) in [5, 5.41) is 72.9. The molecule has 0 aromatic rings. The minimum atomic E-state index is -2.40. The average Bonchev–Trinajstić information content (AvgIpc) is 0.772. The molecule has 31 atom stereocenters. The van der Waals surface area contributed by atoms with Gasteiger partial charge in [-0.25, -0.2) is 15.5 Å². The molecule has 6 fully saturated rings. The van der Waals surface area contributed by atoms with Gasteiger partial charge in [0, 0.05) is 112 Å². The molecular formula is C109H173ClN4O26. The molecule has 0 aromatic heterocycles. The largest absolute Gasteiger partial charge is 0.461 e. The molecule has 2 saturated carbocycles. The average molecular weight is 1990 g/mol. The second kappa shape index (κ2) is 62.1. The molecule has 0 aromatic carbocycles. The van der Waals surface area contributed by atoms with Crippen molar-refractivity contribution in [2.24, 2.45) is 82.1 Å². The van der Waals surface area contributed by atoms with Crippen molar-refractivity contribution in [2.75, 3.05) is 76.1 Å². The number of esters is 2. The van der Waals surface area contributed by atoms with Gasteiger partial charge in [-0.2, -0.15) is 0 Å². The fraction of sp³-hybridized carbons (Fsp3) is 0.743. The van der Waals surface area contributed by atoms with Crippen molar-refractivity contribution in [1.82, 2.24) is 9.80 Å². The summed E-state index contributed by atoms with van der Waals surface area (Å²) in [5.41, 5.74) is 3.53. The number of halogens is 1. The lowest BCUT2D eigenvalue weighted by atomic mass is 9.78. The molecule has 2 aliphatic carbocycles. The van der Waals surface area contributed by atoms with Crippen LogP contribution >= 0.6 is 12.4 Å². The van der Waals surface area contributed by atoms with Gasteiger partial charge in [0.25, 0.3) is 23.4 Å². The first-order chi connectivity index (χ1) is 66.1. The summed E-state index contributed by atoms with van der Waals surface area (Å²) in [6, 6.07) is -2.09. The van der Waals surface area contributed by atoms with E-state index in [2.05, 4.69) is 54.1 Å². The Balaban J connectivity index is 0.000000469. The van der Waals surface area contributed by atoms with Crippen LogP contribution in [0.1, 0.15) is 257 Å². The van der Waals surface area contributed by atoms with Crippen LogP contribution in [-0.2, 0) is 95.3 Å². The van der Waals surface area contributed by atoms with E-state index in [0.29, 0.717) is 145 Å². The summed E-state index contributed by atoms with van der Waals surface area (Å²) < 4.78 is 66.0. The fourth-order valence-electron chi connectivity index (χ4n) is 21.2. The van der Waals surface area contributed by atoms with Gasteiger partial charge < -0.3 is 97.4 Å². The molecule has 6 heterocycles. The number of terminal acetylenes is 2. The zero-order valence-electron chi connectivity index (χ0n) is 87.5. The van der Waals surface area contributed by atoms with E-state index in [4.69, 9.17) is 63.4 Å². The van der Waals surface area contributed by atoms with Crippen LogP contribution in [0.4, 0.5) is 0 Å². The van der Waals surface area contributed by atoms with Crippen LogP contribution in [-0.4, -0.2) is 279 Å². The van der Waals surface area contributed by atoms with E-state index < -0.39 is 150 Å². The third-order valence-electron chi connectivity index (χ3n) is 30.0. The summed E-state index contributed by atoms with van der Waals surface area (Å²) in [5.74, 6) is -3.19. The van der Waals surface area contributed by atoms with Crippen molar-refractivity contribution in [3.63, 3.8) is 0 Å². The zero-order valence-corrected chi connectivity index (χ0v) is 88.3. The monoisotopic (exact) mass is 1990 g/mol. The van der Waals surface area contributed by atoms with Gasteiger partial charge in [0.1, 0.15) is 55.3 Å². The lowest BCUT2D eigenvalue weighted by Crippen LogP contribution is -2.61. The standard InChI is InChI=1S/C55H86N2O13.C51H81NO12.C3H5NO.ClH/c1-13-27-68-56-49-38(6)28-34(2)19-15-14-16-20-35(3)45(64-9)32-42-24-22-40(8)55(63,70-42)52(60)53(61)57-26-18-17-21-43(57)54(62)69-47(37(5)30-41-23-25-44(58)48(31-41)66-11)33-46(65-10)36(4)29-39(7)50(59)51(49)67-12;1-31-16-12-11-13-17-33(3)43(60-8)30-39-22-20-37(7)51(59,64-39)48(56)49(57)52-25-15-14-18-40(52)50(58)63-42(34(4)28-38-21-23-41(53)44(29-38)61-9)24-19-32(2)27-36(6)46(55)47(62-10)45(54)35(5)26-31;1-2-3-5-4;/h1,14-16,19-20,29,34,36-38,40-48,50-51,58-59,63H,17-18,21-28,30-33H2,2-12H3;11-13,16-17,27,31-32,34-35,37-44,46-47,53,55,59H,14-15,18-26,28-30H2,1-10H3;1H,3-4H2;1H/b16-14+,19-15+,35-20+,39-29+,56-49?;13-11+,16-12+,33-17+,36-27+;;/t34-,36-,37-,38-,40-,41+,42+,43+,44-,45+,46-,47+,48-,50-,51+,55-;31-,32+,34-,35-,37-,38+,39+,40+,41-,42+,43+,44-,46-,47+,51-;;/m11../s1. The normalized spacial score (nSPS) is 38.8. The third-order valence-corrected chi connectivity index (χ3v) is 30.0. The minimum absolute atomic E-state index is 0. The number of piperidine rings is 2. The highest BCUT2D eigenvalue weighted by Gasteiger charge is 2.56. The number of oxime groups is 1. The molecule has 8 N–H and O–H groups in total. The van der Waals surface area contributed by atoms with Gasteiger partial charge in [0.15, 0.2) is 12.4 Å². The molecule has 2 amide bonds. The Morgan fingerprint density at radius 1 is 0.471 bits per heavy atom. The SMILES string of the molecule is C#CCON.C#CCON=C1[C@H](C)C[C@H](C)/C=C/C=C/C=C(\C)[C@@H](OC)C[C@@H]2CC[C@@H](C)[C@@](O)(O2)C(=O)C(=O)N2CCCC[C@H]2C(=O)O[C@H]([C@H](C)C[C@@H]2CC[C@@H](O)[C@H](OC)C2)C[C@@H](OC)[C@H](C)/C=C(\C)[C@@H](O)[C@H]1OC.CO[C@H]1C[C@@H]2CC[C@@H](C)[C@@](O)(O2)C(=O)C(=O)N2CCCC[C@H]2C(=O)O[C@H]([C@H](C)C[C@@H]2CC[C@@H](O)[C@H](OC)C2)CC[C@H](C)/C=C(\C)[C@@H](O)[C@@H](OC)C(=O)[C@H](C)C[C@H](C)/C=C/C=C/C=C/1C.Cl. The Labute approximate surface area is 841 Å². The number of nitrogens with two attached hydrogens (primary N) is 1. The lowest BCUT2D eigenvalue weighted by Gasteiger charge is -2.43. The molecule has 8 rings (SSSR count). The molecule has 0 spiro atoms. The molecule has 140 heavy (non-hydrogen) atoms. The van der Waals surface area contributed by atoms with Gasteiger partial charge in [-0.05, 0) is 233 Å². The quantitative estimate of drug-likeness (QED) is 0.0188. The Morgan fingerprint density at radius 2 is 0.907 bits per heavy atom. The van der Waals surface area contributed by atoms with Gasteiger partial charge >= 0.3 is 11.9 Å². The molecule has 31 heteroatoms. The number of allylic oxidation sites excluding steroid dienone is 11. The Morgan fingerprint density at radius 3 is 1.34 bits per heavy atom. The highest BCUT2D eigenvalue weighted by Crippen LogP contribution is 2.43. The first-order valence-electron chi connectivity index (χ1n) is 50.7. The van der Waals surface area contributed by atoms with E-state index in [1.807, 2.05) is 129 Å². The van der Waals surface area contributed by atoms with E-state index in [1.54, 1.807) is 56.3 Å². The van der Waals surface area contributed by atoms with Gasteiger partial charge in [-0.1, -0.05) is 159 Å². The lowest BCUT2D eigenvalue weighted by molar-refractivity contribution is -0.265. The number of amides is 2. The molecule has 6 aliphatic heterocycles. The van der Waals surface area contributed by atoms with Crippen molar-refractivity contribution in [2.45, 2.75) is 373 Å². The number of fused-ring (bicyclic) bond motifs is 6. The second-order valence-corrected chi connectivity index (χ2v) is 40.8. The van der Waals surface area contributed by atoms with E-state index in [-0.39, 0.29) is 129 Å². The van der Waals surface area contributed by atoms with Crippen molar-refractivity contribution in [3.8, 4) is 24.7 Å². The van der Waals surface area contributed by atoms with Gasteiger partial charge in [-0.15, -0.1) is 25.3 Å². The van der Waals surface area contributed by atoms with Crippen molar-refractivity contribution in [1.29, 1.82) is 0 Å². The number of cyclic esters (lactones) is 2. The Hall–Kier alpha value is -6.99. The molecule has 4 bridgehead atoms. The number of carbonyl (C=O) groups is 7. The second-order valence-electron chi connectivity index (χ2n) is 40.8. The van der Waals surface area contributed by atoms with Crippen LogP contribution in [0, 0.1) is 95.7 Å². The van der Waals surface area contributed by atoms with E-state index in [0.717, 1.165) is 30.4 Å². The van der Waals surface area contributed by atoms with Crippen LogP contribution in [0.15, 0.2) is 100 Å². The van der Waals surface area contributed by atoms with E-state index in [1.165, 1.54) is 24.0 Å². The number of nitrogens with zero attached hydrogens (tertiary/aromatic N) is 3. The number of Topliss-reactive ketones (excluding diaryl/α,β-unsaturated/α-hetero) is 3. The fourth-order valence-corrected chi connectivity index (χ4v) is 21.2. The summed E-state index contributed by atoms with van der Waals surface area (Å²) >= 11 is 0. The van der Waals surface area contributed by atoms with Crippen LogP contribution < -0.4 is 5.90 Å². The van der Waals surface area contributed by atoms with Gasteiger partial charge in [-0.3, -0.25) is 28.8 Å². The molecule has 0 radical (unpaired) electrons. The summed E-state index contributed by atoms with van der Waals surface area (Å²) in [6.45, 7) is 27.4. The molecule has 8 aliphatic rings. The van der Waals surface area contributed by atoms with Crippen LogP contribution in [0.25, 0.3) is 0 Å². The van der Waals surface area contributed by atoms with Crippen LogP contribution in [0.3, 0.4) is 0 Å². The van der Waals surface area contributed by atoms with Crippen molar-refractivity contribution >= 4 is 59.2 Å². The molecule has 0 unspecified atom stereocenters. The number of rotatable bonds is 16. The van der Waals surface area contributed by atoms with Gasteiger partial charge in [0.2, 0.25) is 11.6 Å². The first-order valence-corrected chi connectivity index (χ1v) is 50.7. The summed E-state index contributed by atoms with van der Waals surface area (Å²) in [6.07, 6.45) is 37.8. The molecular weight excluding hydrogens is 1820 g/mol. The number of hydrogen-bond acceptors (Lipinski definition) is 28. The van der Waals surface area contributed by atoms with Crippen molar-refractivity contribution in [3.05, 3.63) is 95.2 Å². The maximum atomic E-state index is 14.6. The first kappa shape index (κ1) is 123. The maximum Gasteiger partial charge on any atom is 0.329 e. The van der Waals surface area contributed by atoms with Gasteiger partial charge in [0.05, 0.1) is 60.6 Å². The number of ether oxygens (including phenoxy) is 11. The third kappa shape index (κ3) is 36.3. The molecule has 792 valence electrons. The number of aliphatic hydroxyl groups is 6. The van der Waals surface area contributed by atoms with Crippen molar-refractivity contribution < 1.29 is 126 Å². The number of ketones is 3. The highest BCUT2D eigenvalue weighted by molar-refractivity contribution is 6.39. The topological polar surface area (TPSA) is 406 Å². The summed E-state index contributed by atoms with van der Waals surface area (Å²) in [7, 11) is 11.0. The van der Waals surface area contributed by atoms with Crippen LogP contribution in [0.2, 0.25) is 0 Å². The number of hydrogen-bond donors (Lipinski definition) is 7. The smallest absolute Gasteiger partial charge is 0.329 e. The number of methoxy groups -OCH3 is 7. The number of carbonyl (C=O) groups excluding carboxylic acids is 7. The Kier molecular flexibility index (Phi) is 54.8. The minimum Gasteiger partial charge on any atom is -0.461 e. The number of aliphatic hydroxyl groups excluding tert-OH is 4. The molecule has 4 saturated heterocycles. The van der Waals surface area contributed by atoms with Crippen LogP contribution in [0.5, 0.6) is 0 Å². The zero-order chi connectivity index (χ0) is 103. The highest BCUT2D eigenvalue weighted by atomic mass is 35.5. The van der Waals surface area contributed by atoms with E-state index >= 15 is 0 Å². The predicted octanol–water partition coefficient (Wildman–Crippen LogP) is 14.0. The Bertz CT molecular complexity index is 4230. The molecule has 30 nitrogen and oxygen atoms in total. The predicted molar refractivity (Wildman–Crippen MR) is 539 cm³/mol. The maximum absolute atomic E-state index is 14.6.